The summed E-state index contributed by atoms with van der Waals surface area (Å²) in [6.45, 7) is 5.92. The van der Waals surface area contributed by atoms with Crippen LogP contribution in [0.5, 0.6) is 0 Å². The van der Waals surface area contributed by atoms with Crippen molar-refractivity contribution in [2.75, 3.05) is 18.5 Å². The fourth-order valence-corrected chi connectivity index (χ4v) is 2.65. The van der Waals surface area contributed by atoms with Crippen LogP contribution in [0.2, 0.25) is 0 Å². The van der Waals surface area contributed by atoms with Crippen molar-refractivity contribution < 1.29 is 19.3 Å². The van der Waals surface area contributed by atoms with Gasteiger partial charge in [0.25, 0.3) is 0 Å². The fourth-order valence-electron chi connectivity index (χ4n) is 2.65. The standard InChI is InChI=1S/C15H20FN5O3/c1-8(2)3-4-17-13-11-14(19-6-18-13)21(7-20-11)15-12(23)10(16)9(5-22)24-15/h6-7,9-10,12,15,22-23H,1,3-5H2,2H3,(H,17,18,19)/t9-,10-,12-,15-/m1/s1. The molecule has 0 spiro atoms. The molecule has 1 saturated heterocycles. The number of fused-ring (bicyclic) bond motifs is 1. The highest BCUT2D eigenvalue weighted by Gasteiger charge is 2.45. The van der Waals surface area contributed by atoms with Crippen LogP contribution in [-0.4, -0.2) is 61.3 Å². The molecule has 2 aromatic rings. The Kier molecular flexibility index (Phi) is 4.74. The molecule has 130 valence electrons. The van der Waals surface area contributed by atoms with Crippen LogP contribution in [-0.2, 0) is 4.74 Å². The van der Waals surface area contributed by atoms with Crippen LogP contribution in [0.1, 0.15) is 19.6 Å². The lowest BCUT2D eigenvalue weighted by atomic mass is 10.1. The first-order valence-electron chi connectivity index (χ1n) is 7.67. The van der Waals surface area contributed by atoms with Crippen LogP contribution in [0.3, 0.4) is 0 Å². The molecule has 2 aromatic heterocycles. The molecule has 0 saturated carbocycles. The van der Waals surface area contributed by atoms with E-state index in [0.717, 1.165) is 12.0 Å². The third-order valence-corrected chi connectivity index (χ3v) is 3.94. The Morgan fingerprint density at radius 2 is 2.25 bits per heavy atom. The van der Waals surface area contributed by atoms with Gasteiger partial charge in [-0.3, -0.25) is 4.57 Å². The molecular weight excluding hydrogens is 317 g/mol. The number of alkyl halides is 1. The predicted octanol–water partition coefficient (Wildman–Crippen LogP) is 0.793. The maximum absolute atomic E-state index is 13.9. The van der Waals surface area contributed by atoms with Crippen molar-refractivity contribution in [2.24, 2.45) is 0 Å². The molecular formula is C15H20FN5O3. The van der Waals surface area contributed by atoms with E-state index in [1.165, 1.54) is 17.2 Å². The van der Waals surface area contributed by atoms with Gasteiger partial charge in [0.2, 0.25) is 0 Å². The topological polar surface area (TPSA) is 105 Å². The Balaban J connectivity index is 1.87. The second kappa shape index (κ2) is 6.80. The first kappa shape index (κ1) is 16.7. The summed E-state index contributed by atoms with van der Waals surface area (Å²) in [7, 11) is 0. The zero-order valence-electron chi connectivity index (χ0n) is 13.3. The summed E-state index contributed by atoms with van der Waals surface area (Å²) in [5.41, 5.74) is 1.96. The van der Waals surface area contributed by atoms with Gasteiger partial charge in [-0.15, -0.1) is 6.58 Å². The molecule has 1 aliphatic heterocycles. The lowest BCUT2D eigenvalue weighted by Crippen LogP contribution is -2.29. The van der Waals surface area contributed by atoms with Gasteiger partial charge in [0, 0.05) is 6.54 Å². The highest BCUT2D eigenvalue weighted by atomic mass is 19.1. The van der Waals surface area contributed by atoms with Crippen LogP contribution >= 0.6 is 0 Å². The molecule has 0 aromatic carbocycles. The third kappa shape index (κ3) is 2.97. The molecule has 1 fully saturated rings. The van der Waals surface area contributed by atoms with Gasteiger partial charge in [0.15, 0.2) is 29.4 Å². The number of imidazole rings is 1. The predicted molar refractivity (Wildman–Crippen MR) is 85.1 cm³/mol. The minimum Gasteiger partial charge on any atom is -0.394 e. The van der Waals surface area contributed by atoms with Crippen molar-refractivity contribution >= 4 is 17.0 Å². The van der Waals surface area contributed by atoms with E-state index in [1.807, 2.05) is 6.92 Å². The zero-order chi connectivity index (χ0) is 17.3. The number of nitrogens with one attached hydrogen (secondary N) is 1. The van der Waals surface area contributed by atoms with E-state index < -0.39 is 31.2 Å². The van der Waals surface area contributed by atoms with Gasteiger partial charge in [-0.1, -0.05) is 5.57 Å². The lowest BCUT2D eigenvalue weighted by molar-refractivity contribution is -0.0495. The average molecular weight is 337 g/mol. The van der Waals surface area contributed by atoms with Gasteiger partial charge >= 0.3 is 0 Å². The van der Waals surface area contributed by atoms with E-state index >= 15 is 0 Å². The molecule has 4 atom stereocenters. The van der Waals surface area contributed by atoms with Crippen LogP contribution < -0.4 is 5.32 Å². The van der Waals surface area contributed by atoms with Crippen molar-refractivity contribution in [3.8, 4) is 0 Å². The molecule has 3 rings (SSSR count). The van der Waals surface area contributed by atoms with E-state index in [9.17, 15) is 9.50 Å². The Hall–Kier alpha value is -2.10. The van der Waals surface area contributed by atoms with Gasteiger partial charge in [-0.05, 0) is 13.3 Å². The van der Waals surface area contributed by atoms with Crippen molar-refractivity contribution in [1.29, 1.82) is 0 Å². The highest BCUT2D eigenvalue weighted by Crippen LogP contribution is 2.33. The Morgan fingerprint density at radius 1 is 1.46 bits per heavy atom. The molecule has 3 N–H and O–H groups in total. The molecule has 24 heavy (non-hydrogen) atoms. The number of anilines is 1. The van der Waals surface area contributed by atoms with E-state index in [0.29, 0.717) is 23.5 Å². The maximum atomic E-state index is 13.9. The van der Waals surface area contributed by atoms with Gasteiger partial charge in [0.1, 0.15) is 18.5 Å². The minimum absolute atomic E-state index is 0.415. The molecule has 0 amide bonds. The first-order chi connectivity index (χ1) is 11.5. The summed E-state index contributed by atoms with van der Waals surface area (Å²) in [4.78, 5) is 12.6. The quantitative estimate of drug-likeness (QED) is 0.669. The number of hydrogen-bond donors (Lipinski definition) is 3. The Bertz CT molecular complexity index is 737. The van der Waals surface area contributed by atoms with Gasteiger partial charge < -0.3 is 20.3 Å². The maximum Gasteiger partial charge on any atom is 0.167 e. The molecule has 1 aliphatic rings. The van der Waals surface area contributed by atoms with Gasteiger partial charge in [0.05, 0.1) is 12.9 Å². The number of hydrogen-bond acceptors (Lipinski definition) is 7. The van der Waals surface area contributed by atoms with E-state index in [4.69, 9.17) is 9.84 Å². The monoisotopic (exact) mass is 337 g/mol. The number of aliphatic hydroxyl groups excluding tert-OH is 2. The highest BCUT2D eigenvalue weighted by molar-refractivity contribution is 5.82. The van der Waals surface area contributed by atoms with Crippen molar-refractivity contribution in [3.63, 3.8) is 0 Å². The molecule has 0 bridgehead atoms. The van der Waals surface area contributed by atoms with Crippen LogP contribution in [0.15, 0.2) is 24.8 Å². The van der Waals surface area contributed by atoms with Crippen molar-refractivity contribution in [3.05, 3.63) is 24.8 Å². The largest absolute Gasteiger partial charge is 0.394 e. The Labute approximate surface area is 138 Å². The van der Waals surface area contributed by atoms with Gasteiger partial charge in [-0.2, -0.15) is 0 Å². The molecule has 3 heterocycles. The van der Waals surface area contributed by atoms with E-state index in [1.54, 1.807) is 0 Å². The summed E-state index contributed by atoms with van der Waals surface area (Å²) in [6, 6.07) is 0. The summed E-state index contributed by atoms with van der Waals surface area (Å²) < 4.78 is 20.8. The number of nitrogens with zero attached hydrogens (tertiary/aromatic N) is 4. The molecule has 9 heteroatoms. The first-order valence-corrected chi connectivity index (χ1v) is 7.67. The average Bonchev–Trinajstić information content (AvgIpc) is 3.10. The second-order valence-corrected chi connectivity index (χ2v) is 5.86. The van der Waals surface area contributed by atoms with Crippen LogP contribution in [0.4, 0.5) is 10.2 Å². The van der Waals surface area contributed by atoms with E-state index in [2.05, 4.69) is 26.8 Å². The number of aromatic nitrogens is 4. The molecule has 0 aliphatic carbocycles. The molecule has 8 nitrogen and oxygen atoms in total. The summed E-state index contributed by atoms with van der Waals surface area (Å²) in [5, 5.41) is 22.3. The third-order valence-electron chi connectivity index (χ3n) is 3.94. The number of rotatable bonds is 6. The zero-order valence-corrected chi connectivity index (χ0v) is 13.3. The molecule has 0 radical (unpaired) electrons. The summed E-state index contributed by atoms with van der Waals surface area (Å²) in [5.74, 6) is 0.544. The van der Waals surface area contributed by atoms with Gasteiger partial charge in [-0.25, -0.2) is 19.3 Å². The second-order valence-electron chi connectivity index (χ2n) is 5.86. The van der Waals surface area contributed by atoms with E-state index in [-0.39, 0.29) is 0 Å². The SMILES string of the molecule is C=C(C)CCNc1ncnc2c1ncn2[C@@H]1O[C@H](CO)[C@@H](F)[C@H]1O. The number of halogens is 1. The molecule has 0 unspecified atom stereocenters. The summed E-state index contributed by atoms with van der Waals surface area (Å²) >= 11 is 0. The normalized spacial score (nSPS) is 26.8. The number of ether oxygens (including phenoxy) is 1. The summed E-state index contributed by atoms with van der Waals surface area (Å²) in [6.07, 6.45) is -1.58. The smallest absolute Gasteiger partial charge is 0.167 e. The Morgan fingerprint density at radius 3 is 2.92 bits per heavy atom. The van der Waals surface area contributed by atoms with Crippen LogP contribution in [0, 0.1) is 0 Å². The van der Waals surface area contributed by atoms with Crippen molar-refractivity contribution in [2.45, 2.75) is 38.0 Å². The van der Waals surface area contributed by atoms with Crippen LogP contribution in [0.25, 0.3) is 11.2 Å². The van der Waals surface area contributed by atoms with Crippen molar-refractivity contribution in [1.82, 2.24) is 19.5 Å². The lowest BCUT2D eigenvalue weighted by Gasteiger charge is -2.16. The number of aliphatic hydroxyl groups is 2. The fraction of sp³-hybridized carbons (Fsp3) is 0.533. The minimum atomic E-state index is -1.67.